The molecule has 1 heterocycles. The first kappa shape index (κ1) is 8.87. The average molecular weight is 197 g/mol. The van der Waals surface area contributed by atoms with Crippen LogP contribution in [0, 0.1) is 0 Å². The van der Waals surface area contributed by atoms with E-state index in [2.05, 4.69) is 0 Å². The lowest BCUT2D eigenvalue weighted by molar-refractivity contribution is 0.196. The summed E-state index contributed by atoms with van der Waals surface area (Å²) >= 11 is 0. The molecule has 0 N–H and O–H groups in total. The molecule has 0 fully saturated rings. The second-order valence-corrected chi connectivity index (χ2v) is 5.12. The summed E-state index contributed by atoms with van der Waals surface area (Å²) in [5.41, 5.74) is 0. The molecule has 0 aromatic carbocycles. The van der Waals surface area contributed by atoms with Gasteiger partial charge in [0.2, 0.25) is 9.05 Å². The Morgan fingerprint density at radius 2 is 2.36 bits per heavy atom. The molecule has 11 heavy (non-hydrogen) atoms. The second kappa shape index (κ2) is 3.45. The molecular formula is C6H9ClO3S. The van der Waals surface area contributed by atoms with Crippen LogP contribution in [0.4, 0.5) is 0 Å². The zero-order valence-corrected chi connectivity index (χ0v) is 7.49. The molecule has 1 aliphatic rings. The SMILES string of the molecule is O=S(=O)(Cl)CC1=CCCCO1. The van der Waals surface area contributed by atoms with E-state index in [-0.39, 0.29) is 5.75 Å². The van der Waals surface area contributed by atoms with Gasteiger partial charge < -0.3 is 4.74 Å². The lowest BCUT2D eigenvalue weighted by Crippen LogP contribution is -2.08. The van der Waals surface area contributed by atoms with Gasteiger partial charge >= 0.3 is 0 Å². The molecule has 64 valence electrons. The van der Waals surface area contributed by atoms with Crippen LogP contribution in [0.3, 0.4) is 0 Å². The fourth-order valence-electron chi connectivity index (χ4n) is 0.879. The lowest BCUT2D eigenvalue weighted by atomic mass is 10.2. The van der Waals surface area contributed by atoms with E-state index in [4.69, 9.17) is 15.4 Å². The fourth-order valence-corrected chi connectivity index (χ4v) is 1.74. The predicted molar refractivity (Wildman–Crippen MR) is 42.9 cm³/mol. The van der Waals surface area contributed by atoms with Crippen molar-refractivity contribution in [3.05, 3.63) is 11.8 Å². The minimum absolute atomic E-state index is 0.186. The van der Waals surface area contributed by atoms with Crippen LogP contribution in [0.1, 0.15) is 12.8 Å². The first-order valence-corrected chi connectivity index (χ1v) is 5.80. The van der Waals surface area contributed by atoms with Crippen LogP contribution in [0.25, 0.3) is 0 Å². The van der Waals surface area contributed by atoms with Crippen molar-refractivity contribution < 1.29 is 13.2 Å². The van der Waals surface area contributed by atoms with E-state index in [0.717, 1.165) is 12.8 Å². The van der Waals surface area contributed by atoms with Crippen molar-refractivity contribution >= 4 is 19.7 Å². The van der Waals surface area contributed by atoms with Crippen molar-refractivity contribution in [2.45, 2.75) is 12.8 Å². The Bertz CT molecular complexity index is 255. The van der Waals surface area contributed by atoms with E-state index in [0.29, 0.717) is 12.4 Å². The maximum Gasteiger partial charge on any atom is 0.239 e. The molecule has 3 nitrogen and oxygen atoms in total. The molecule has 0 saturated carbocycles. The van der Waals surface area contributed by atoms with E-state index in [9.17, 15) is 8.42 Å². The summed E-state index contributed by atoms with van der Waals surface area (Å²) in [6, 6.07) is 0. The Balaban J connectivity index is 2.55. The Morgan fingerprint density at radius 3 is 2.82 bits per heavy atom. The first-order chi connectivity index (χ1) is 5.08. The minimum atomic E-state index is -3.44. The molecule has 5 heteroatoms. The molecule has 0 atom stereocenters. The normalized spacial score (nSPS) is 18.8. The number of halogens is 1. The summed E-state index contributed by atoms with van der Waals surface area (Å²) in [5, 5.41) is 0. The average Bonchev–Trinajstić information content (AvgIpc) is 1.85. The lowest BCUT2D eigenvalue weighted by Gasteiger charge is -2.12. The van der Waals surface area contributed by atoms with Crippen molar-refractivity contribution in [1.29, 1.82) is 0 Å². The molecule has 0 radical (unpaired) electrons. The van der Waals surface area contributed by atoms with Gasteiger partial charge in [-0.05, 0) is 18.9 Å². The van der Waals surface area contributed by atoms with Gasteiger partial charge in [-0.25, -0.2) is 8.42 Å². The van der Waals surface area contributed by atoms with Crippen molar-refractivity contribution in [2.75, 3.05) is 12.4 Å². The van der Waals surface area contributed by atoms with Crippen LogP contribution in [0.2, 0.25) is 0 Å². The van der Waals surface area contributed by atoms with Gasteiger partial charge in [-0.1, -0.05) is 0 Å². The van der Waals surface area contributed by atoms with Crippen LogP contribution >= 0.6 is 10.7 Å². The highest BCUT2D eigenvalue weighted by Gasteiger charge is 2.12. The van der Waals surface area contributed by atoms with E-state index in [1.54, 1.807) is 6.08 Å². The third-order valence-electron chi connectivity index (χ3n) is 1.32. The topological polar surface area (TPSA) is 43.4 Å². The highest BCUT2D eigenvalue weighted by atomic mass is 35.7. The monoisotopic (exact) mass is 196 g/mol. The molecule has 0 amide bonds. The molecule has 1 rings (SSSR count). The van der Waals surface area contributed by atoms with Crippen LogP contribution in [-0.4, -0.2) is 20.8 Å². The zero-order chi connectivity index (χ0) is 8.32. The van der Waals surface area contributed by atoms with E-state index in [1.807, 2.05) is 0 Å². The minimum Gasteiger partial charge on any atom is -0.497 e. The Kier molecular flexibility index (Phi) is 2.78. The van der Waals surface area contributed by atoms with Gasteiger partial charge in [0.15, 0.2) is 0 Å². The predicted octanol–water partition coefficient (Wildman–Crippen LogP) is 1.25. The van der Waals surface area contributed by atoms with Crippen molar-refractivity contribution in [3.63, 3.8) is 0 Å². The van der Waals surface area contributed by atoms with Gasteiger partial charge in [-0.3, -0.25) is 0 Å². The zero-order valence-electron chi connectivity index (χ0n) is 5.92. The maximum absolute atomic E-state index is 10.5. The summed E-state index contributed by atoms with van der Waals surface area (Å²) in [6.07, 6.45) is 3.59. The van der Waals surface area contributed by atoms with Gasteiger partial charge in [-0.15, -0.1) is 0 Å². The molecule has 0 saturated heterocycles. The standard InChI is InChI=1S/C6H9ClO3S/c7-11(8,9)5-6-3-1-2-4-10-6/h3H,1-2,4-5H2. The van der Waals surface area contributed by atoms with Crippen molar-refractivity contribution in [1.82, 2.24) is 0 Å². The molecule has 0 spiro atoms. The van der Waals surface area contributed by atoms with E-state index >= 15 is 0 Å². The maximum atomic E-state index is 10.5. The van der Waals surface area contributed by atoms with Crippen LogP contribution in [0.15, 0.2) is 11.8 Å². The summed E-state index contributed by atoms with van der Waals surface area (Å²) in [6.45, 7) is 0.595. The van der Waals surface area contributed by atoms with E-state index in [1.165, 1.54) is 0 Å². The third kappa shape index (κ3) is 3.62. The smallest absolute Gasteiger partial charge is 0.239 e. The molecule has 0 aromatic rings. The summed E-state index contributed by atoms with van der Waals surface area (Å²) in [7, 11) is 1.57. The second-order valence-electron chi connectivity index (χ2n) is 2.34. The van der Waals surface area contributed by atoms with Crippen LogP contribution in [0.5, 0.6) is 0 Å². The number of rotatable bonds is 2. The summed E-state index contributed by atoms with van der Waals surface area (Å²) in [5.74, 6) is 0.292. The Labute approximate surface area is 70.4 Å². The molecular weight excluding hydrogens is 188 g/mol. The molecule has 0 aromatic heterocycles. The van der Waals surface area contributed by atoms with Gasteiger partial charge in [0.05, 0.1) is 6.61 Å². The van der Waals surface area contributed by atoms with Crippen LogP contribution < -0.4 is 0 Å². The number of allylic oxidation sites excluding steroid dienone is 1. The fraction of sp³-hybridized carbons (Fsp3) is 0.667. The van der Waals surface area contributed by atoms with Gasteiger partial charge in [0.1, 0.15) is 11.5 Å². The quantitative estimate of drug-likeness (QED) is 0.625. The number of ether oxygens (including phenoxy) is 1. The molecule has 0 bridgehead atoms. The summed E-state index contributed by atoms with van der Waals surface area (Å²) < 4.78 is 26.1. The third-order valence-corrected chi connectivity index (χ3v) is 2.28. The van der Waals surface area contributed by atoms with Crippen LogP contribution in [-0.2, 0) is 13.8 Å². The Morgan fingerprint density at radius 1 is 1.64 bits per heavy atom. The van der Waals surface area contributed by atoms with Crippen molar-refractivity contribution in [2.24, 2.45) is 0 Å². The first-order valence-electron chi connectivity index (χ1n) is 3.32. The Hall–Kier alpha value is -0.220. The molecule has 0 aliphatic carbocycles. The highest BCUT2D eigenvalue weighted by molar-refractivity contribution is 8.13. The van der Waals surface area contributed by atoms with E-state index < -0.39 is 9.05 Å². The number of hydrogen-bond donors (Lipinski definition) is 0. The number of hydrogen-bond acceptors (Lipinski definition) is 3. The van der Waals surface area contributed by atoms with Crippen molar-refractivity contribution in [3.8, 4) is 0 Å². The molecule has 0 unspecified atom stereocenters. The highest BCUT2D eigenvalue weighted by Crippen LogP contribution is 2.13. The van der Waals surface area contributed by atoms with Gasteiger partial charge in [-0.2, -0.15) is 0 Å². The van der Waals surface area contributed by atoms with Gasteiger partial charge in [0, 0.05) is 10.7 Å². The summed E-state index contributed by atoms with van der Waals surface area (Å²) in [4.78, 5) is 0. The molecule has 1 aliphatic heterocycles. The van der Waals surface area contributed by atoms with Gasteiger partial charge in [0.25, 0.3) is 0 Å². The largest absolute Gasteiger partial charge is 0.497 e.